The van der Waals surface area contributed by atoms with Crippen molar-refractivity contribution in [3.05, 3.63) is 0 Å². The third-order valence-electron chi connectivity index (χ3n) is 3.60. The van der Waals surface area contributed by atoms with Crippen LogP contribution < -0.4 is 0 Å². The smallest absolute Gasteiger partial charge is 0.199 e. The number of hydrogen-bond donors (Lipinski definition) is 0. The highest BCUT2D eigenvalue weighted by molar-refractivity contribution is 5.23. The molecule has 1 fully saturated rings. The van der Waals surface area contributed by atoms with Gasteiger partial charge in [0.2, 0.25) is 0 Å². The van der Waals surface area contributed by atoms with Crippen LogP contribution in [0.1, 0.15) is 33.1 Å². The molecule has 0 atom stereocenters. The van der Waals surface area contributed by atoms with Crippen molar-refractivity contribution in [2.24, 2.45) is 5.41 Å². The summed E-state index contributed by atoms with van der Waals surface area (Å²) in [6, 6.07) is 0. The minimum absolute atomic E-state index is 0.0947. The summed E-state index contributed by atoms with van der Waals surface area (Å²) in [5, 5.41) is 0. The molecule has 1 rings (SSSR count). The Balaban J connectivity index is 3.43. The Morgan fingerprint density at radius 1 is 0.667 bits per heavy atom. The monoisotopic (exact) mass is 284 g/mol. The van der Waals surface area contributed by atoms with Gasteiger partial charge in [-0.1, -0.05) is 19.8 Å². The van der Waals surface area contributed by atoms with Gasteiger partial charge in [0.25, 0.3) is 0 Å². The van der Waals surface area contributed by atoms with E-state index in [-0.39, 0.29) is 19.8 Å². The molecular weight excluding hydrogens is 272 g/mol. The molecular formula is C10H12F8. The molecule has 0 amide bonds. The van der Waals surface area contributed by atoms with Crippen LogP contribution in [0.3, 0.4) is 0 Å². The van der Waals surface area contributed by atoms with Crippen molar-refractivity contribution in [2.75, 3.05) is 0 Å². The van der Waals surface area contributed by atoms with Crippen molar-refractivity contribution >= 4 is 0 Å². The molecule has 0 spiro atoms. The molecule has 0 aliphatic heterocycles. The Bertz CT molecular complexity index is 307. The molecule has 1 aliphatic carbocycles. The van der Waals surface area contributed by atoms with Gasteiger partial charge in [0, 0.05) is 0 Å². The Morgan fingerprint density at radius 2 is 1.00 bits per heavy atom. The summed E-state index contributed by atoms with van der Waals surface area (Å²) in [5.74, 6) is -23.1. The van der Waals surface area contributed by atoms with E-state index in [0.717, 1.165) is 0 Å². The summed E-state index contributed by atoms with van der Waals surface area (Å²) in [4.78, 5) is 0. The van der Waals surface area contributed by atoms with Crippen LogP contribution in [0.15, 0.2) is 0 Å². The predicted octanol–water partition coefficient (Wildman–Crippen LogP) is 4.74. The maximum atomic E-state index is 13.4. The van der Waals surface area contributed by atoms with Crippen molar-refractivity contribution in [1.82, 2.24) is 0 Å². The minimum Gasteiger partial charge on any atom is -0.199 e. The standard InChI is InChI=1S/C10H12F8/c1-3-4-5-6(2)7(11,12)9(15,16)10(17,18)8(6,13)14/h3-5H2,1-2H3. The zero-order chi connectivity index (χ0) is 14.6. The van der Waals surface area contributed by atoms with Gasteiger partial charge in [-0.05, 0) is 13.3 Å². The number of rotatable bonds is 3. The van der Waals surface area contributed by atoms with E-state index in [9.17, 15) is 35.1 Å². The van der Waals surface area contributed by atoms with Gasteiger partial charge < -0.3 is 0 Å². The van der Waals surface area contributed by atoms with Crippen molar-refractivity contribution in [3.8, 4) is 0 Å². The Labute approximate surface area is 98.3 Å². The first-order chi connectivity index (χ1) is 7.81. The van der Waals surface area contributed by atoms with Crippen LogP contribution in [-0.4, -0.2) is 23.7 Å². The molecule has 1 aliphatic rings. The second-order valence-corrected chi connectivity index (χ2v) is 4.73. The average molecular weight is 284 g/mol. The number of halogens is 8. The largest absolute Gasteiger partial charge is 0.379 e. The molecule has 108 valence electrons. The normalized spacial score (nSPS) is 30.3. The molecule has 0 heterocycles. The van der Waals surface area contributed by atoms with Crippen LogP contribution in [0.4, 0.5) is 35.1 Å². The lowest BCUT2D eigenvalue weighted by Crippen LogP contribution is -2.51. The van der Waals surface area contributed by atoms with Crippen molar-refractivity contribution < 1.29 is 35.1 Å². The maximum Gasteiger partial charge on any atom is 0.379 e. The highest BCUT2D eigenvalue weighted by Crippen LogP contribution is 2.72. The van der Waals surface area contributed by atoms with E-state index >= 15 is 0 Å². The fourth-order valence-corrected chi connectivity index (χ4v) is 2.13. The lowest BCUT2D eigenvalue weighted by atomic mass is 9.77. The third-order valence-corrected chi connectivity index (χ3v) is 3.60. The summed E-state index contributed by atoms with van der Waals surface area (Å²) in [6.45, 7) is 1.54. The predicted molar refractivity (Wildman–Crippen MR) is 47.4 cm³/mol. The van der Waals surface area contributed by atoms with Gasteiger partial charge in [0.1, 0.15) is 5.41 Å². The highest BCUT2D eigenvalue weighted by atomic mass is 19.4. The van der Waals surface area contributed by atoms with Gasteiger partial charge in [-0.25, -0.2) is 0 Å². The van der Waals surface area contributed by atoms with Crippen LogP contribution in [0.5, 0.6) is 0 Å². The molecule has 0 radical (unpaired) electrons. The van der Waals surface area contributed by atoms with E-state index in [1.165, 1.54) is 6.92 Å². The third kappa shape index (κ3) is 1.32. The van der Waals surface area contributed by atoms with Crippen LogP contribution in [0.25, 0.3) is 0 Å². The van der Waals surface area contributed by atoms with Gasteiger partial charge in [-0.2, -0.15) is 35.1 Å². The first kappa shape index (κ1) is 15.5. The van der Waals surface area contributed by atoms with Gasteiger partial charge >= 0.3 is 23.7 Å². The Kier molecular flexibility index (Phi) is 3.21. The molecule has 0 aromatic heterocycles. The topological polar surface area (TPSA) is 0 Å². The van der Waals surface area contributed by atoms with E-state index in [1.807, 2.05) is 0 Å². The van der Waals surface area contributed by atoms with E-state index in [0.29, 0.717) is 0 Å². The van der Waals surface area contributed by atoms with Crippen molar-refractivity contribution in [3.63, 3.8) is 0 Å². The second-order valence-electron chi connectivity index (χ2n) is 4.73. The van der Waals surface area contributed by atoms with Crippen LogP contribution in [0.2, 0.25) is 0 Å². The first-order valence-corrected chi connectivity index (χ1v) is 5.32. The molecule has 8 heteroatoms. The van der Waals surface area contributed by atoms with E-state index in [4.69, 9.17) is 0 Å². The SMILES string of the molecule is CCCCC1(C)C(F)(F)C(F)(F)C(F)(F)C1(F)F. The number of hydrogen-bond acceptors (Lipinski definition) is 0. The van der Waals surface area contributed by atoms with Crippen LogP contribution in [0, 0.1) is 5.41 Å². The van der Waals surface area contributed by atoms with E-state index in [2.05, 4.69) is 0 Å². The molecule has 0 bridgehead atoms. The van der Waals surface area contributed by atoms with Crippen molar-refractivity contribution in [2.45, 2.75) is 56.8 Å². The van der Waals surface area contributed by atoms with Gasteiger partial charge in [0.05, 0.1) is 0 Å². The summed E-state index contributed by atoms with van der Waals surface area (Å²) in [5.41, 5.74) is -3.76. The number of alkyl halides is 8. The van der Waals surface area contributed by atoms with E-state index in [1.54, 1.807) is 0 Å². The van der Waals surface area contributed by atoms with Crippen molar-refractivity contribution in [1.29, 1.82) is 0 Å². The second kappa shape index (κ2) is 3.72. The van der Waals surface area contributed by atoms with Gasteiger partial charge in [0.15, 0.2) is 0 Å². The zero-order valence-corrected chi connectivity index (χ0v) is 9.65. The van der Waals surface area contributed by atoms with Gasteiger partial charge in [-0.3, -0.25) is 0 Å². The Hall–Kier alpha value is -0.560. The molecule has 0 nitrogen and oxygen atoms in total. The summed E-state index contributed by atoms with van der Waals surface area (Å²) < 4.78 is 105. The quantitative estimate of drug-likeness (QED) is 0.657. The lowest BCUT2D eigenvalue weighted by Gasteiger charge is -2.34. The fourth-order valence-electron chi connectivity index (χ4n) is 2.13. The average Bonchev–Trinajstić information content (AvgIpc) is 2.27. The summed E-state index contributed by atoms with van der Waals surface area (Å²) in [7, 11) is 0. The fraction of sp³-hybridized carbons (Fsp3) is 1.00. The maximum absolute atomic E-state index is 13.4. The molecule has 0 aromatic rings. The molecule has 0 N–H and O–H groups in total. The summed E-state index contributed by atoms with van der Waals surface area (Å²) >= 11 is 0. The molecule has 18 heavy (non-hydrogen) atoms. The molecule has 1 saturated carbocycles. The Morgan fingerprint density at radius 3 is 1.28 bits per heavy atom. The lowest BCUT2D eigenvalue weighted by molar-refractivity contribution is -0.303. The summed E-state index contributed by atoms with van der Waals surface area (Å²) in [6.07, 6.45) is -1.22. The minimum atomic E-state index is -6.06. The highest BCUT2D eigenvalue weighted by Gasteiger charge is 2.97. The first-order valence-electron chi connectivity index (χ1n) is 5.32. The van der Waals surface area contributed by atoms with Crippen LogP contribution in [-0.2, 0) is 0 Å². The molecule has 0 saturated heterocycles. The molecule has 0 aromatic carbocycles. The molecule has 0 unspecified atom stereocenters. The zero-order valence-electron chi connectivity index (χ0n) is 9.65. The number of unbranched alkanes of at least 4 members (excludes halogenated alkanes) is 1. The van der Waals surface area contributed by atoms with Gasteiger partial charge in [-0.15, -0.1) is 0 Å². The van der Waals surface area contributed by atoms with Crippen LogP contribution >= 0.6 is 0 Å². The van der Waals surface area contributed by atoms with E-state index < -0.39 is 35.5 Å².